The summed E-state index contributed by atoms with van der Waals surface area (Å²) >= 11 is 10.1. The molecule has 1 aliphatic carbocycles. The lowest BCUT2D eigenvalue weighted by Gasteiger charge is -2.33. The van der Waals surface area contributed by atoms with E-state index in [0.29, 0.717) is 5.02 Å². The van der Waals surface area contributed by atoms with Gasteiger partial charge < -0.3 is 5.11 Å². The van der Waals surface area contributed by atoms with Crippen LogP contribution in [0.2, 0.25) is 5.02 Å². The standard InChI is InChI=1S/C14H16BrClO2/c15-14(6-2-1-3-7-14)11-5-4-10(8-12(11)16)9-13(17)18/h4-5,8H,1-3,6-7,9H2,(H,17,18). The molecule has 0 aromatic heterocycles. The average molecular weight is 332 g/mol. The highest BCUT2D eigenvalue weighted by atomic mass is 79.9. The topological polar surface area (TPSA) is 37.3 Å². The lowest BCUT2D eigenvalue weighted by Crippen LogP contribution is -2.22. The van der Waals surface area contributed by atoms with E-state index in [2.05, 4.69) is 15.9 Å². The van der Waals surface area contributed by atoms with E-state index in [4.69, 9.17) is 16.7 Å². The molecular weight excluding hydrogens is 316 g/mol. The summed E-state index contributed by atoms with van der Waals surface area (Å²) in [6.07, 6.45) is 5.89. The van der Waals surface area contributed by atoms with E-state index in [0.717, 1.165) is 24.0 Å². The Morgan fingerprint density at radius 3 is 2.56 bits per heavy atom. The predicted molar refractivity (Wildman–Crippen MR) is 76.5 cm³/mol. The van der Waals surface area contributed by atoms with Gasteiger partial charge in [-0.2, -0.15) is 0 Å². The number of carbonyl (C=O) groups is 1. The molecule has 2 nitrogen and oxygen atoms in total. The Balaban J connectivity index is 2.26. The highest BCUT2D eigenvalue weighted by Gasteiger charge is 2.32. The Morgan fingerprint density at radius 2 is 2.00 bits per heavy atom. The molecule has 0 atom stereocenters. The fraction of sp³-hybridized carbons (Fsp3) is 0.500. The molecule has 0 spiro atoms. The van der Waals surface area contributed by atoms with Gasteiger partial charge in [0.15, 0.2) is 0 Å². The number of hydrogen-bond acceptors (Lipinski definition) is 1. The Kier molecular flexibility index (Phi) is 4.33. The van der Waals surface area contributed by atoms with Crippen LogP contribution in [-0.2, 0) is 15.5 Å². The predicted octanol–water partition coefficient (Wildman–Crippen LogP) is 4.52. The van der Waals surface area contributed by atoms with Crippen molar-refractivity contribution >= 4 is 33.5 Å². The minimum atomic E-state index is -0.829. The van der Waals surface area contributed by atoms with Crippen molar-refractivity contribution in [2.45, 2.75) is 42.8 Å². The molecule has 0 bridgehead atoms. The summed E-state index contributed by atoms with van der Waals surface area (Å²) in [5.41, 5.74) is 1.85. The van der Waals surface area contributed by atoms with E-state index in [1.165, 1.54) is 19.3 Å². The SMILES string of the molecule is O=C(O)Cc1ccc(C2(Br)CCCCC2)c(Cl)c1. The lowest BCUT2D eigenvalue weighted by molar-refractivity contribution is -0.136. The van der Waals surface area contributed by atoms with E-state index in [1.54, 1.807) is 6.07 Å². The molecule has 1 fully saturated rings. The van der Waals surface area contributed by atoms with E-state index in [-0.39, 0.29) is 10.7 Å². The number of halogens is 2. The zero-order valence-corrected chi connectivity index (χ0v) is 12.4. The minimum Gasteiger partial charge on any atom is -0.481 e. The van der Waals surface area contributed by atoms with Gasteiger partial charge in [-0.05, 0) is 30.0 Å². The summed E-state index contributed by atoms with van der Waals surface area (Å²) in [6, 6.07) is 5.62. The van der Waals surface area contributed by atoms with E-state index < -0.39 is 5.97 Å². The fourth-order valence-corrected chi connectivity index (χ4v) is 3.99. The third kappa shape index (κ3) is 3.07. The third-order valence-electron chi connectivity index (χ3n) is 3.52. The summed E-state index contributed by atoms with van der Waals surface area (Å²) in [5, 5.41) is 9.45. The van der Waals surface area contributed by atoms with Crippen LogP contribution >= 0.6 is 27.5 Å². The van der Waals surface area contributed by atoms with Gasteiger partial charge in [0.2, 0.25) is 0 Å². The van der Waals surface area contributed by atoms with Crippen LogP contribution < -0.4 is 0 Å². The quantitative estimate of drug-likeness (QED) is 0.827. The Bertz CT molecular complexity index is 453. The second kappa shape index (κ2) is 5.62. The average Bonchev–Trinajstić information content (AvgIpc) is 2.28. The number of carboxylic acid groups (broad SMARTS) is 1. The van der Waals surface area contributed by atoms with Crippen molar-refractivity contribution in [3.63, 3.8) is 0 Å². The van der Waals surface area contributed by atoms with Gasteiger partial charge >= 0.3 is 5.97 Å². The van der Waals surface area contributed by atoms with Gasteiger partial charge in [-0.3, -0.25) is 4.79 Å². The molecule has 0 aliphatic heterocycles. The van der Waals surface area contributed by atoms with Gasteiger partial charge in [-0.25, -0.2) is 0 Å². The third-order valence-corrected chi connectivity index (χ3v) is 5.05. The Labute approximate surface area is 120 Å². The number of hydrogen-bond donors (Lipinski definition) is 1. The number of alkyl halides is 1. The van der Waals surface area contributed by atoms with Crippen molar-refractivity contribution in [3.8, 4) is 0 Å². The number of aliphatic carboxylic acids is 1. The summed E-state index contributed by atoms with van der Waals surface area (Å²) < 4.78 is -0.0237. The van der Waals surface area contributed by atoms with Gasteiger partial charge in [0.1, 0.15) is 0 Å². The first kappa shape index (κ1) is 13.9. The Hall–Kier alpha value is -0.540. The van der Waals surface area contributed by atoms with Gasteiger partial charge in [0, 0.05) is 5.02 Å². The summed E-state index contributed by atoms with van der Waals surface area (Å²) in [5.74, 6) is -0.829. The highest BCUT2D eigenvalue weighted by Crippen LogP contribution is 2.47. The second-order valence-corrected chi connectivity index (χ2v) is 6.84. The molecule has 1 aliphatic rings. The first-order valence-electron chi connectivity index (χ1n) is 6.21. The molecule has 0 heterocycles. The number of benzene rings is 1. The van der Waals surface area contributed by atoms with Gasteiger partial charge in [0.25, 0.3) is 0 Å². The maximum absolute atomic E-state index is 10.7. The molecule has 4 heteroatoms. The van der Waals surface area contributed by atoms with Crippen LogP contribution in [0.25, 0.3) is 0 Å². The first-order chi connectivity index (χ1) is 8.51. The van der Waals surface area contributed by atoms with Gasteiger partial charge in [0.05, 0.1) is 10.7 Å². The molecule has 98 valence electrons. The minimum absolute atomic E-state index is 0.0231. The van der Waals surface area contributed by atoms with Crippen LogP contribution in [0, 0.1) is 0 Å². The van der Waals surface area contributed by atoms with Crippen LogP contribution in [-0.4, -0.2) is 11.1 Å². The largest absolute Gasteiger partial charge is 0.481 e. The van der Waals surface area contributed by atoms with Gasteiger partial charge in [-0.15, -0.1) is 0 Å². The summed E-state index contributed by atoms with van der Waals surface area (Å²) in [4.78, 5) is 10.7. The van der Waals surface area contributed by atoms with Gasteiger partial charge in [-0.1, -0.05) is 58.9 Å². The van der Waals surface area contributed by atoms with E-state index in [1.807, 2.05) is 12.1 Å². The Morgan fingerprint density at radius 1 is 1.33 bits per heavy atom. The van der Waals surface area contributed by atoms with Crippen LogP contribution in [0.15, 0.2) is 18.2 Å². The molecule has 0 radical (unpaired) electrons. The summed E-state index contributed by atoms with van der Waals surface area (Å²) in [6.45, 7) is 0. The second-order valence-electron chi connectivity index (χ2n) is 4.91. The summed E-state index contributed by atoms with van der Waals surface area (Å²) in [7, 11) is 0. The number of rotatable bonds is 3. The number of carboxylic acids is 1. The molecule has 1 aromatic carbocycles. The molecule has 2 rings (SSSR count). The maximum Gasteiger partial charge on any atom is 0.307 e. The van der Waals surface area contributed by atoms with Crippen LogP contribution in [0.4, 0.5) is 0 Å². The smallest absolute Gasteiger partial charge is 0.307 e. The van der Waals surface area contributed by atoms with E-state index in [9.17, 15) is 4.79 Å². The molecule has 0 unspecified atom stereocenters. The molecule has 1 aromatic rings. The first-order valence-corrected chi connectivity index (χ1v) is 7.38. The zero-order chi connectivity index (χ0) is 13.2. The van der Waals surface area contributed by atoms with Crippen molar-refractivity contribution in [1.82, 2.24) is 0 Å². The normalized spacial score (nSPS) is 18.6. The van der Waals surface area contributed by atoms with Crippen molar-refractivity contribution < 1.29 is 9.90 Å². The van der Waals surface area contributed by atoms with Crippen molar-refractivity contribution in [2.24, 2.45) is 0 Å². The van der Waals surface area contributed by atoms with Crippen LogP contribution in [0.1, 0.15) is 43.2 Å². The molecule has 1 saturated carbocycles. The fourth-order valence-electron chi connectivity index (χ4n) is 2.59. The zero-order valence-electron chi connectivity index (χ0n) is 10.1. The van der Waals surface area contributed by atoms with Crippen molar-refractivity contribution in [3.05, 3.63) is 34.3 Å². The van der Waals surface area contributed by atoms with Crippen LogP contribution in [0.3, 0.4) is 0 Å². The molecule has 0 amide bonds. The van der Waals surface area contributed by atoms with E-state index >= 15 is 0 Å². The monoisotopic (exact) mass is 330 g/mol. The van der Waals surface area contributed by atoms with Crippen molar-refractivity contribution in [1.29, 1.82) is 0 Å². The molecule has 1 N–H and O–H groups in total. The molecule has 18 heavy (non-hydrogen) atoms. The maximum atomic E-state index is 10.7. The molecule has 0 saturated heterocycles. The molecular formula is C14H16BrClO2. The van der Waals surface area contributed by atoms with Crippen molar-refractivity contribution in [2.75, 3.05) is 0 Å². The van der Waals surface area contributed by atoms with Crippen LogP contribution in [0.5, 0.6) is 0 Å². The highest BCUT2D eigenvalue weighted by molar-refractivity contribution is 9.09. The lowest BCUT2D eigenvalue weighted by atomic mass is 9.83.